The average molecular weight is 393 g/mol. The first kappa shape index (κ1) is 18.8. The van der Waals surface area contributed by atoms with Crippen LogP contribution in [0.2, 0.25) is 0 Å². The summed E-state index contributed by atoms with van der Waals surface area (Å²) in [7, 11) is 0.0683. The SMILES string of the molecule is COc1cc(CN)cc(OC)c1S(=O)(=O)Nc1noc2cccc(OC)c12. The first-order chi connectivity index (χ1) is 12.9. The zero-order valence-corrected chi connectivity index (χ0v) is 15.8. The van der Waals surface area contributed by atoms with Crippen LogP contribution in [-0.4, -0.2) is 34.9 Å². The number of hydrogen-bond donors (Lipinski definition) is 2. The largest absolute Gasteiger partial charge is 0.496 e. The minimum absolute atomic E-state index is 0.00513. The predicted octanol–water partition coefficient (Wildman–Crippen LogP) is 2.11. The van der Waals surface area contributed by atoms with Crippen LogP contribution >= 0.6 is 0 Å². The molecule has 1 aromatic heterocycles. The van der Waals surface area contributed by atoms with Gasteiger partial charge in [-0.3, -0.25) is 4.72 Å². The molecule has 1 heterocycles. The summed E-state index contributed by atoms with van der Waals surface area (Å²) in [6, 6.07) is 8.12. The summed E-state index contributed by atoms with van der Waals surface area (Å²) in [4.78, 5) is -0.171. The second kappa shape index (κ2) is 7.33. The van der Waals surface area contributed by atoms with Crippen molar-refractivity contribution < 1.29 is 27.2 Å². The average Bonchev–Trinajstić information content (AvgIpc) is 3.08. The van der Waals surface area contributed by atoms with E-state index in [0.29, 0.717) is 22.3 Å². The number of aromatic nitrogens is 1. The molecular formula is C17H19N3O6S. The van der Waals surface area contributed by atoms with Gasteiger partial charge in [0.2, 0.25) is 0 Å². The number of nitrogens with zero attached hydrogens (tertiary/aromatic N) is 1. The van der Waals surface area contributed by atoms with E-state index in [2.05, 4.69) is 9.88 Å². The predicted molar refractivity (Wildman–Crippen MR) is 98.8 cm³/mol. The molecule has 3 aromatic rings. The third kappa shape index (κ3) is 3.36. The van der Waals surface area contributed by atoms with Crippen LogP contribution in [0.4, 0.5) is 5.82 Å². The fourth-order valence-electron chi connectivity index (χ4n) is 2.70. The van der Waals surface area contributed by atoms with Crippen molar-refractivity contribution in [2.75, 3.05) is 26.1 Å². The quantitative estimate of drug-likeness (QED) is 0.625. The van der Waals surface area contributed by atoms with Gasteiger partial charge in [-0.05, 0) is 29.8 Å². The van der Waals surface area contributed by atoms with Crippen LogP contribution in [0.15, 0.2) is 39.8 Å². The van der Waals surface area contributed by atoms with Crippen molar-refractivity contribution >= 4 is 26.8 Å². The highest BCUT2D eigenvalue weighted by molar-refractivity contribution is 7.93. The topological polar surface area (TPSA) is 126 Å². The Labute approximate surface area is 156 Å². The number of rotatable bonds is 7. The molecule has 0 spiro atoms. The third-order valence-electron chi connectivity index (χ3n) is 3.94. The van der Waals surface area contributed by atoms with Crippen LogP contribution in [0.25, 0.3) is 11.0 Å². The number of nitrogens with one attached hydrogen (secondary N) is 1. The van der Waals surface area contributed by atoms with Gasteiger partial charge in [0.1, 0.15) is 22.6 Å². The van der Waals surface area contributed by atoms with E-state index in [1.807, 2.05) is 0 Å². The van der Waals surface area contributed by atoms with E-state index < -0.39 is 10.0 Å². The van der Waals surface area contributed by atoms with Gasteiger partial charge in [-0.15, -0.1) is 0 Å². The normalized spacial score (nSPS) is 11.4. The van der Waals surface area contributed by atoms with E-state index in [-0.39, 0.29) is 28.8 Å². The van der Waals surface area contributed by atoms with Crippen molar-refractivity contribution in [1.29, 1.82) is 0 Å². The maximum Gasteiger partial charge on any atom is 0.270 e. The van der Waals surface area contributed by atoms with Crippen LogP contribution in [-0.2, 0) is 16.6 Å². The molecular weight excluding hydrogens is 374 g/mol. The highest BCUT2D eigenvalue weighted by atomic mass is 32.2. The summed E-state index contributed by atoms with van der Waals surface area (Å²) in [5.74, 6) is 0.613. The molecule has 0 atom stereocenters. The third-order valence-corrected chi connectivity index (χ3v) is 5.34. The van der Waals surface area contributed by atoms with Crippen molar-refractivity contribution in [3.05, 3.63) is 35.9 Å². The maximum atomic E-state index is 13.1. The lowest BCUT2D eigenvalue weighted by atomic mass is 10.2. The zero-order chi connectivity index (χ0) is 19.6. The van der Waals surface area contributed by atoms with Crippen molar-refractivity contribution in [3.63, 3.8) is 0 Å². The Kier molecular flexibility index (Phi) is 5.10. The molecule has 144 valence electrons. The van der Waals surface area contributed by atoms with E-state index in [4.69, 9.17) is 24.5 Å². The molecule has 27 heavy (non-hydrogen) atoms. The van der Waals surface area contributed by atoms with E-state index in [0.717, 1.165) is 0 Å². The number of sulfonamides is 1. The monoisotopic (exact) mass is 393 g/mol. The smallest absolute Gasteiger partial charge is 0.270 e. The van der Waals surface area contributed by atoms with Crippen LogP contribution < -0.4 is 24.7 Å². The number of fused-ring (bicyclic) bond motifs is 1. The Balaban J connectivity index is 2.14. The van der Waals surface area contributed by atoms with E-state index in [1.54, 1.807) is 30.3 Å². The standard InChI is InChI=1S/C17H19N3O6S/c1-23-11-5-4-6-12-15(11)17(19-26-12)20-27(21,22)16-13(24-2)7-10(9-18)8-14(16)25-3/h4-8H,9,18H2,1-3H3,(H,19,20). The number of ether oxygens (including phenoxy) is 3. The maximum absolute atomic E-state index is 13.1. The molecule has 0 aliphatic heterocycles. The summed E-state index contributed by atoms with van der Waals surface area (Å²) in [5, 5.41) is 4.22. The van der Waals surface area contributed by atoms with Gasteiger partial charge < -0.3 is 24.5 Å². The summed E-state index contributed by atoms with van der Waals surface area (Å²) in [6.45, 7) is 0.200. The fraction of sp³-hybridized carbons (Fsp3) is 0.235. The molecule has 0 bridgehead atoms. The van der Waals surface area contributed by atoms with Crippen molar-refractivity contribution in [2.45, 2.75) is 11.4 Å². The molecule has 3 N–H and O–H groups in total. The molecule has 0 unspecified atom stereocenters. The van der Waals surface area contributed by atoms with Gasteiger partial charge in [-0.1, -0.05) is 11.2 Å². The molecule has 2 aromatic carbocycles. The van der Waals surface area contributed by atoms with E-state index in [1.165, 1.54) is 21.3 Å². The second-order valence-electron chi connectivity index (χ2n) is 5.50. The summed E-state index contributed by atoms with van der Waals surface area (Å²) < 4.78 is 49.5. The van der Waals surface area contributed by atoms with Gasteiger partial charge in [0, 0.05) is 6.54 Å². The molecule has 10 heteroatoms. The Morgan fingerprint density at radius 3 is 2.26 bits per heavy atom. The number of methoxy groups -OCH3 is 3. The van der Waals surface area contributed by atoms with Gasteiger partial charge in [-0.25, -0.2) is 8.42 Å². The molecule has 9 nitrogen and oxygen atoms in total. The minimum atomic E-state index is -4.13. The number of hydrogen-bond acceptors (Lipinski definition) is 8. The summed E-state index contributed by atoms with van der Waals surface area (Å²) in [5.41, 5.74) is 6.69. The van der Waals surface area contributed by atoms with Crippen LogP contribution in [0.5, 0.6) is 17.2 Å². The summed E-state index contributed by atoms with van der Waals surface area (Å²) in [6.07, 6.45) is 0. The molecule has 3 rings (SSSR count). The van der Waals surface area contributed by atoms with Crippen LogP contribution in [0, 0.1) is 0 Å². The Morgan fingerprint density at radius 1 is 1.07 bits per heavy atom. The van der Waals surface area contributed by atoms with E-state index in [9.17, 15) is 8.42 Å². The number of nitrogens with two attached hydrogens (primary N) is 1. The first-order valence-corrected chi connectivity index (χ1v) is 9.33. The minimum Gasteiger partial charge on any atom is -0.496 e. The number of benzene rings is 2. The van der Waals surface area contributed by atoms with Crippen molar-refractivity contribution in [1.82, 2.24) is 5.16 Å². The molecule has 0 aliphatic carbocycles. The zero-order valence-electron chi connectivity index (χ0n) is 15.0. The molecule has 0 aliphatic rings. The molecule has 0 saturated carbocycles. The molecule has 0 fully saturated rings. The highest BCUT2D eigenvalue weighted by Gasteiger charge is 2.28. The van der Waals surface area contributed by atoms with Gasteiger partial charge in [0.15, 0.2) is 16.3 Å². The Bertz CT molecular complexity index is 1050. The van der Waals surface area contributed by atoms with Crippen LogP contribution in [0.3, 0.4) is 0 Å². The van der Waals surface area contributed by atoms with Gasteiger partial charge in [0.05, 0.1) is 21.3 Å². The summed E-state index contributed by atoms with van der Waals surface area (Å²) >= 11 is 0. The van der Waals surface area contributed by atoms with Gasteiger partial charge in [0.25, 0.3) is 10.0 Å². The molecule has 0 saturated heterocycles. The fourth-order valence-corrected chi connectivity index (χ4v) is 4.01. The van der Waals surface area contributed by atoms with E-state index >= 15 is 0 Å². The van der Waals surface area contributed by atoms with Gasteiger partial charge in [-0.2, -0.15) is 0 Å². The highest BCUT2D eigenvalue weighted by Crippen LogP contribution is 2.38. The van der Waals surface area contributed by atoms with Crippen LogP contribution in [0.1, 0.15) is 5.56 Å². The van der Waals surface area contributed by atoms with Gasteiger partial charge >= 0.3 is 0 Å². The Morgan fingerprint density at radius 2 is 1.70 bits per heavy atom. The lowest BCUT2D eigenvalue weighted by Crippen LogP contribution is -2.16. The molecule has 0 amide bonds. The first-order valence-electron chi connectivity index (χ1n) is 7.85. The van der Waals surface area contributed by atoms with Crippen molar-refractivity contribution in [2.24, 2.45) is 5.73 Å². The lowest BCUT2D eigenvalue weighted by molar-refractivity contribution is 0.372. The van der Waals surface area contributed by atoms with Crippen molar-refractivity contribution in [3.8, 4) is 17.2 Å². The Hall–Kier alpha value is -2.98. The second-order valence-corrected chi connectivity index (χ2v) is 7.12. The molecule has 0 radical (unpaired) electrons. The lowest BCUT2D eigenvalue weighted by Gasteiger charge is -2.15. The number of anilines is 1.